The fourth-order valence-electron chi connectivity index (χ4n) is 2.23. The molecule has 0 heterocycles. The van der Waals surface area contributed by atoms with Crippen LogP contribution in [-0.4, -0.2) is 23.3 Å². The predicted octanol–water partition coefficient (Wildman–Crippen LogP) is 1.94. The number of nitrogens with zero attached hydrogens (tertiary/aromatic N) is 1. The van der Waals surface area contributed by atoms with E-state index in [0.29, 0.717) is 6.54 Å². The van der Waals surface area contributed by atoms with Crippen LogP contribution in [0, 0.1) is 0 Å². The molecule has 4 N–H and O–H groups in total. The first kappa shape index (κ1) is 19.1. The zero-order valence-electron chi connectivity index (χ0n) is 11.9. The van der Waals surface area contributed by atoms with E-state index in [2.05, 4.69) is 0 Å². The van der Waals surface area contributed by atoms with Crippen LogP contribution in [0.5, 0.6) is 0 Å². The van der Waals surface area contributed by atoms with Crippen molar-refractivity contribution in [2.75, 3.05) is 7.05 Å². The SMILES string of the molecule is CN(Cc1ccccc1)[C@@H](C(N)=O)c1ccccc1.Cl.O. The fraction of sp³-hybridized carbons (Fsp3) is 0.188. The normalized spacial score (nSPS) is 11.1. The fourth-order valence-corrected chi connectivity index (χ4v) is 2.23. The molecule has 21 heavy (non-hydrogen) atoms. The Morgan fingerprint density at radius 1 is 1.05 bits per heavy atom. The number of halogens is 1. The maximum Gasteiger partial charge on any atom is 0.239 e. The molecule has 0 saturated carbocycles. The van der Waals surface area contributed by atoms with E-state index in [9.17, 15) is 4.79 Å². The van der Waals surface area contributed by atoms with Crippen molar-refractivity contribution in [1.29, 1.82) is 0 Å². The van der Waals surface area contributed by atoms with Crippen LogP contribution in [0.15, 0.2) is 60.7 Å². The van der Waals surface area contributed by atoms with Gasteiger partial charge in [-0.3, -0.25) is 9.69 Å². The second kappa shape index (κ2) is 9.13. The van der Waals surface area contributed by atoms with Crippen LogP contribution in [0.4, 0.5) is 0 Å². The van der Waals surface area contributed by atoms with Crippen LogP contribution in [0.3, 0.4) is 0 Å². The van der Waals surface area contributed by atoms with Crippen LogP contribution >= 0.6 is 12.4 Å². The van der Waals surface area contributed by atoms with E-state index >= 15 is 0 Å². The van der Waals surface area contributed by atoms with Crippen molar-refractivity contribution < 1.29 is 10.3 Å². The molecule has 2 aromatic carbocycles. The summed E-state index contributed by atoms with van der Waals surface area (Å²) in [5.41, 5.74) is 7.63. The molecule has 0 aromatic heterocycles. The lowest BCUT2D eigenvalue weighted by molar-refractivity contribution is -0.123. The van der Waals surface area contributed by atoms with Crippen LogP contribution in [0.25, 0.3) is 0 Å². The van der Waals surface area contributed by atoms with Gasteiger partial charge in [-0.1, -0.05) is 60.7 Å². The number of likely N-dealkylation sites (N-methyl/N-ethyl adjacent to an activating group) is 1. The average Bonchev–Trinajstić information content (AvgIpc) is 2.40. The summed E-state index contributed by atoms with van der Waals surface area (Å²) < 4.78 is 0. The summed E-state index contributed by atoms with van der Waals surface area (Å²) >= 11 is 0. The molecule has 0 fully saturated rings. The van der Waals surface area contributed by atoms with Crippen LogP contribution in [0.1, 0.15) is 17.2 Å². The van der Waals surface area contributed by atoms with Gasteiger partial charge in [-0.25, -0.2) is 0 Å². The minimum absolute atomic E-state index is 0. The highest BCUT2D eigenvalue weighted by molar-refractivity contribution is 5.85. The van der Waals surface area contributed by atoms with Gasteiger partial charge in [0.25, 0.3) is 0 Å². The van der Waals surface area contributed by atoms with Crippen molar-refractivity contribution in [3.8, 4) is 0 Å². The molecule has 1 atom stereocenters. The lowest BCUT2D eigenvalue weighted by Crippen LogP contribution is -2.34. The van der Waals surface area contributed by atoms with Crippen molar-refractivity contribution in [1.82, 2.24) is 4.90 Å². The third kappa shape index (κ3) is 5.19. The summed E-state index contributed by atoms with van der Waals surface area (Å²) in [6, 6.07) is 19.3. The van der Waals surface area contributed by atoms with Crippen LogP contribution < -0.4 is 5.73 Å². The van der Waals surface area contributed by atoms with E-state index in [1.54, 1.807) is 0 Å². The first-order chi connectivity index (χ1) is 9.18. The van der Waals surface area contributed by atoms with E-state index in [0.717, 1.165) is 11.1 Å². The highest BCUT2D eigenvalue weighted by Crippen LogP contribution is 2.20. The molecule has 0 radical (unpaired) electrons. The largest absolute Gasteiger partial charge is 0.412 e. The van der Waals surface area contributed by atoms with E-state index in [4.69, 9.17) is 5.73 Å². The Morgan fingerprint density at radius 2 is 1.52 bits per heavy atom. The summed E-state index contributed by atoms with van der Waals surface area (Å²) in [6.07, 6.45) is 0. The Bertz CT molecular complexity index is 534. The quantitative estimate of drug-likeness (QED) is 0.916. The van der Waals surface area contributed by atoms with Gasteiger partial charge in [0, 0.05) is 6.54 Å². The number of benzene rings is 2. The highest BCUT2D eigenvalue weighted by Gasteiger charge is 2.22. The molecule has 2 aromatic rings. The molecule has 1 amide bonds. The Kier molecular flexibility index (Phi) is 8.31. The minimum atomic E-state index is -0.401. The number of amides is 1. The topological polar surface area (TPSA) is 77.8 Å². The highest BCUT2D eigenvalue weighted by atomic mass is 35.5. The van der Waals surface area contributed by atoms with E-state index in [-0.39, 0.29) is 23.8 Å². The van der Waals surface area contributed by atoms with Gasteiger partial charge in [0.1, 0.15) is 6.04 Å². The molecule has 0 bridgehead atoms. The van der Waals surface area contributed by atoms with Gasteiger partial charge in [-0.05, 0) is 18.2 Å². The van der Waals surface area contributed by atoms with Gasteiger partial charge in [0.2, 0.25) is 5.91 Å². The number of carbonyl (C=O) groups is 1. The molecule has 0 unspecified atom stereocenters. The zero-order chi connectivity index (χ0) is 13.7. The monoisotopic (exact) mass is 308 g/mol. The minimum Gasteiger partial charge on any atom is -0.412 e. The Labute approximate surface area is 131 Å². The number of hydrogen-bond donors (Lipinski definition) is 1. The summed E-state index contributed by atoms with van der Waals surface area (Å²) in [7, 11) is 1.91. The summed E-state index contributed by atoms with van der Waals surface area (Å²) in [4.78, 5) is 13.7. The molecule has 0 aliphatic heterocycles. The van der Waals surface area contributed by atoms with Crippen molar-refractivity contribution in [3.05, 3.63) is 71.8 Å². The van der Waals surface area contributed by atoms with E-state index < -0.39 is 6.04 Å². The van der Waals surface area contributed by atoms with Crippen molar-refractivity contribution in [2.45, 2.75) is 12.6 Å². The van der Waals surface area contributed by atoms with E-state index in [1.165, 1.54) is 0 Å². The molecule has 114 valence electrons. The summed E-state index contributed by atoms with van der Waals surface area (Å²) in [5, 5.41) is 0. The third-order valence-electron chi connectivity index (χ3n) is 3.10. The number of nitrogens with two attached hydrogens (primary N) is 1. The van der Waals surface area contributed by atoms with Crippen molar-refractivity contribution >= 4 is 18.3 Å². The van der Waals surface area contributed by atoms with Gasteiger partial charge in [-0.2, -0.15) is 0 Å². The molecular weight excluding hydrogens is 288 g/mol. The second-order valence-electron chi connectivity index (χ2n) is 4.62. The van der Waals surface area contributed by atoms with E-state index in [1.807, 2.05) is 72.6 Å². The average molecular weight is 309 g/mol. The Hall–Kier alpha value is -1.88. The number of hydrogen-bond acceptors (Lipinski definition) is 2. The molecule has 0 spiro atoms. The van der Waals surface area contributed by atoms with Crippen LogP contribution in [-0.2, 0) is 11.3 Å². The van der Waals surface area contributed by atoms with Gasteiger partial charge >= 0.3 is 0 Å². The smallest absolute Gasteiger partial charge is 0.239 e. The molecule has 0 saturated heterocycles. The van der Waals surface area contributed by atoms with Gasteiger partial charge in [0.05, 0.1) is 0 Å². The van der Waals surface area contributed by atoms with Crippen LogP contribution in [0.2, 0.25) is 0 Å². The van der Waals surface area contributed by atoms with Crippen molar-refractivity contribution in [2.24, 2.45) is 5.73 Å². The lowest BCUT2D eigenvalue weighted by Gasteiger charge is -2.25. The van der Waals surface area contributed by atoms with Gasteiger partial charge in [0.15, 0.2) is 0 Å². The van der Waals surface area contributed by atoms with Crippen molar-refractivity contribution in [3.63, 3.8) is 0 Å². The second-order valence-corrected chi connectivity index (χ2v) is 4.62. The Balaban J connectivity index is 0.00000200. The van der Waals surface area contributed by atoms with Gasteiger partial charge < -0.3 is 11.2 Å². The first-order valence-electron chi connectivity index (χ1n) is 6.27. The number of rotatable bonds is 5. The maximum atomic E-state index is 11.7. The molecule has 0 aliphatic carbocycles. The standard InChI is InChI=1S/C16H18N2O.ClH.H2O/c1-18(12-13-8-4-2-5-9-13)15(16(17)19)14-10-6-3-7-11-14;;/h2-11,15H,12H2,1H3,(H2,17,19);1H;1H2/t15-;;/m1../s1. The molecule has 2 rings (SSSR count). The lowest BCUT2D eigenvalue weighted by atomic mass is 10.0. The molecule has 5 heteroatoms. The first-order valence-corrected chi connectivity index (χ1v) is 6.27. The maximum absolute atomic E-state index is 11.7. The Morgan fingerprint density at radius 3 is 2.00 bits per heavy atom. The third-order valence-corrected chi connectivity index (χ3v) is 3.10. The molecule has 4 nitrogen and oxygen atoms in total. The number of carbonyl (C=O) groups excluding carboxylic acids is 1. The predicted molar refractivity (Wildman–Crippen MR) is 87.1 cm³/mol. The zero-order valence-corrected chi connectivity index (χ0v) is 12.7. The summed E-state index contributed by atoms with van der Waals surface area (Å²) in [5.74, 6) is -0.329. The number of primary amides is 1. The molecule has 0 aliphatic rings. The van der Waals surface area contributed by atoms with Gasteiger partial charge in [-0.15, -0.1) is 12.4 Å². The molecular formula is C16H21ClN2O2. The summed E-state index contributed by atoms with van der Waals surface area (Å²) in [6.45, 7) is 0.684.